The maximum absolute atomic E-state index is 12.9. The van der Waals surface area contributed by atoms with E-state index in [4.69, 9.17) is 18.9 Å². The van der Waals surface area contributed by atoms with E-state index in [9.17, 15) is 19.5 Å². The Labute approximate surface area is 449 Å². The molecule has 0 saturated carbocycles. The first kappa shape index (κ1) is 69.7. The van der Waals surface area contributed by atoms with Crippen LogP contribution >= 0.6 is 0 Å². The molecular formula is C64H114NO8+. The van der Waals surface area contributed by atoms with Gasteiger partial charge in [0.2, 0.25) is 0 Å². The van der Waals surface area contributed by atoms with Crippen molar-refractivity contribution in [3.05, 3.63) is 72.9 Å². The standard InChI is InChI=1S/C64H113NO8/c1-6-8-10-12-14-16-18-20-22-24-25-26-27-28-29-30-31-32-33-34-35-36-37-39-41-43-45-47-49-51-53-55-62(67)73-60(59-72-64(63(68)69)70-57-56-65(3,4)5)58-71-61(66)54-52-50-48-46-44-42-40-38-23-21-19-17-15-13-11-9-7-2/h9,11,15,17-18,20-21,23-25,27-28,60,64H,6-8,10,12-14,16,19,22,26,29-59H2,1-5H3/p+1/b11-9-,17-15-,20-18-,23-21-,25-24-,28-27-. The van der Waals surface area contributed by atoms with Crippen LogP contribution in [0.1, 0.15) is 258 Å². The summed E-state index contributed by atoms with van der Waals surface area (Å²) in [5.74, 6) is -2.01. The highest BCUT2D eigenvalue weighted by molar-refractivity contribution is 5.71. The number of likely N-dealkylation sites (N-methyl/N-ethyl adjacent to an activating group) is 1. The number of allylic oxidation sites excluding steroid dienone is 12. The monoisotopic (exact) mass is 1020 g/mol. The first-order valence-corrected chi connectivity index (χ1v) is 30.1. The summed E-state index contributed by atoms with van der Waals surface area (Å²) in [6.45, 7) is 4.76. The van der Waals surface area contributed by atoms with Crippen molar-refractivity contribution in [3.63, 3.8) is 0 Å². The fourth-order valence-corrected chi connectivity index (χ4v) is 8.33. The van der Waals surface area contributed by atoms with Crippen LogP contribution in [-0.4, -0.2) is 87.4 Å². The number of hydrogen-bond acceptors (Lipinski definition) is 7. The number of quaternary nitrogens is 1. The largest absolute Gasteiger partial charge is 0.477 e. The maximum atomic E-state index is 12.9. The smallest absolute Gasteiger partial charge is 0.361 e. The predicted molar refractivity (Wildman–Crippen MR) is 309 cm³/mol. The molecule has 1 N–H and O–H groups in total. The minimum Gasteiger partial charge on any atom is -0.477 e. The number of unbranched alkanes of at least 4 members (excludes halogenated alkanes) is 28. The Morgan fingerprint density at radius 2 is 0.781 bits per heavy atom. The van der Waals surface area contributed by atoms with E-state index in [-0.39, 0.29) is 38.6 Å². The van der Waals surface area contributed by atoms with Gasteiger partial charge in [0.05, 0.1) is 34.4 Å². The number of esters is 2. The van der Waals surface area contributed by atoms with Gasteiger partial charge < -0.3 is 28.5 Å². The third-order valence-corrected chi connectivity index (χ3v) is 12.9. The van der Waals surface area contributed by atoms with Gasteiger partial charge >= 0.3 is 17.9 Å². The van der Waals surface area contributed by atoms with Gasteiger partial charge in [0.15, 0.2) is 6.10 Å². The average molecular weight is 1030 g/mol. The second-order valence-corrected chi connectivity index (χ2v) is 21.3. The van der Waals surface area contributed by atoms with Gasteiger partial charge in [0, 0.05) is 12.8 Å². The van der Waals surface area contributed by atoms with E-state index in [1.54, 1.807) is 0 Å². The Morgan fingerprint density at radius 1 is 0.425 bits per heavy atom. The summed E-state index contributed by atoms with van der Waals surface area (Å²) in [5, 5.41) is 9.70. The van der Waals surface area contributed by atoms with Gasteiger partial charge in [-0.2, -0.15) is 0 Å². The topological polar surface area (TPSA) is 108 Å². The van der Waals surface area contributed by atoms with E-state index in [0.29, 0.717) is 11.0 Å². The number of carboxylic acids is 1. The minimum absolute atomic E-state index is 0.184. The second kappa shape index (κ2) is 55.0. The van der Waals surface area contributed by atoms with E-state index < -0.39 is 24.3 Å². The number of nitrogens with zero attached hydrogens (tertiary/aromatic N) is 1. The summed E-state index contributed by atoms with van der Waals surface area (Å²) in [7, 11) is 5.97. The van der Waals surface area contributed by atoms with Gasteiger partial charge in [-0.15, -0.1) is 0 Å². The van der Waals surface area contributed by atoms with E-state index in [1.807, 2.05) is 21.1 Å². The van der Waals surface area contributed by atoms with E-state index >= 15 is 0 Å². The highest BCUT2D eigenvalue weighted by Gasteiger charge is 2.25. The normalized spacial score (nSPS) is 13.3. The Balaban J connectivity index is 4.16. The van der Waals surface area contributed by atoms with Gasteiger partial charge in [0.1, 0.15) is 13.2 Å². The second-order valence-electron chi connectivity index (χ2n) is 21.3. The minimum atomic E-state index is -1.51. The third-order valence-electron chi connectivity index (χ3n) is 12.9. The summed E-state index contributed by atoms with van der Waals surface area (Å²) in [5.41, 5.74) is 0. The van der Waals surface area contributed by atoms with Gasteiger partial charge in [-0.1, -0.05) is 234 Å². The number of carbonyl (C=O) groups is 3. The van der Waals surface area contributed by atoms with Crippen LogP contribution in [0.25, 0.3) is 0 Å². The molecule has 0 rings (SSSR count). The van der Waals surface area contributed by atoms with Crippen LogP contribution < -0.4 is 0 Å². The van der Waals surface area contributed by atoms with Crippen molar-refractivity contribution < 1.29 is 42.9 Å². The fraction of sp³-hybridized carbons (Fsp3) is 0.766. The maximum Gasteiger partial charge on any atom is 0.361 e. The highest BCUT2D eigenvalue weighted by Crippen LogP contribution is 2.16. The molecule has 422 valence electrons. The zero-order chi connectivity index (χ0) is 53.4. The predicted octanol–water partition coefficient (Wildman–Crippen LogP) is 17.8. The molecule has 0 aromatic heterocycles. The van der Waals surface area contributed by atoms with Gasteiger partial charge in [-0.3, -0.25) is 9.59 Å². The molecule has 0 aliphatic carbocycles. The summed E-state index contributed by atoms with van der Waals surface area (Å²) in [6.07, 6.45) is 68.5. The molecule has 0 saturated heterocycles. The van der Waals surface area contributed by atoms with Crippen LogP contribution in [0, 0.1) is 0 Å². The van der Waals surface area contributed by atoms with Crippen LogP contribution in [0.3, 0.4) is 0 Å². The Morgan fingerprint density at radius 3 is 1.16 bits per heavy atom. The van der Waals surface area contributed by atoms with Gasteiger partial charge in [-0.25, -0.2) is 4.79 Å². The molecule has 9 heteroatoms. The third kappa shape index (κ3) is 56.3. The van der Waals surface area contributed by atoms with Crippen molar-refractivity contribution in [2.75, 3.05) is 47.5 Å². The average Bonchev–Trinajstić information content (AvgIpc) is 3.36. The van der Waals surface area contributed by atoms with E-state index in [0.717, 1.165) is 83.5 Å². The van der Waals surface area contributed by atoms with Crippen molar-refractivity contribution >= 4 is 17.9 Å². The van der Waals surface area contributed by atoms with E-state index in [1.165, 1.54) is 148 Å². The Kier molecular flexibility index (Phi) is 52.5. The molecule has 0 heterocycles. The lowest BCUT2D eigenvalue weighted by Gasteiger charge is -2.25. The van der Waals surface area contributed by atoms with E-state index in [2.05, 4.69) is 86.8 Å². The molecule has 0 aromatic carbocycles. The Bertz CT molecular complexity index is 1420. The summed E-state index contributed by atoms with van der Waals surface area (Å²) in [4.78, 5) is 37.4. The highest BCUT2D eigenvalue weighted by atomic mass is 16.7. The molecule has 2 atom stereocenters. The van der Waals surface area contributed by atoms with Gasteiger partial charge in [0.25, 0.3) is 6.29 Å². The molecule has 0 aromatic rings. The molecular weight excluding hydrogens is 911 g/mol. The van der Waals surface area contributed by atoms with Crippen molar-refractivity contribution in [1.29, 1.82) is 0 Å². The van der Waals surface area contributed by atoms with Crippen molar-refractivity contribution in [3.8, 4) is 0 Å². The molecule has 0 spiro atoms. The molecule has 0 fully saturated rings. The number of carboxylic acid groups (broad SMARTS) is 1. The van der Waals surface area contributed by atoms with Gasteiger partial charge in [-0.05, 0) is 83.5 Å². The molecule has 0 aliphatic rings. The zero-order valence-electron chi connectivity index (χ0n) is 48.0. The summed E-state index contributed by atoms with van der Waals surface area (Å²) < 4.78 is 22.9. The molecule has 73 heavy (non-hydrogen) atoms. The van der Waals surface area contributed by atoms with Crippen molar-refractivity contribution in [2.45, 2.75) is 270 Å². The van der Waals surface area contributed by atoms with Crippen LogP contribution in [-0.2, 0) is 33.3 Å². The molecule has 0 aliphatic heterocycles. The lowest BCUT2D eigenvalue weighted by atomic mass is 10.0. The van der Waals surface area contributed by atoms with Crippen LogP contribution in [0.15, 0.2) is 72.9 Å². The summed E-state index contributed by atoms with van der Waals surface area (Å²) >= 11 is 0. The SMILES string of the molecule is CC/C=C\C/C=C\C/C=C\CCCCCCCCCC(=O)OCC(COC(OCC[N+](C)(C)C)C(=O)O)OC(=O)CCCCCCCCCCCCCCCCCC/C=C\C/C=C\C/C=C\CCCCCCC. The zero-order valence-corrected chi connectivity index (χ0v) is 48.0. The lowest BCUT2D eigenvalue weighted by molar-refractivity contribution is -0.870. The quantitative estimate of drug-likeness (QED) is 0.0211. The number of rotatable bonds is 55. The first-order chi connectivity index (χ1) is 35.6. The number of aliphatic carboxylic acids is 1. The number of hydrogen-bond donors (Lipinski definition) is 1. The molecule has 0 amide bonds. The molecule has 2 unspecified atom stereocenters. The summed E-state index contributed by atoms with van der Waals surface area (Å²) in [6, 6.07) is 0. The fourth-order valence-electron chi connectivity index (χ4n) is 8.33. The van der Waals surface area contributed by atoms with Crippen molar-refractivity contribution in [1.82, 2.24) is 0 Å². The van der Waals surface area contributed by atoms with Crippen LogP contribution in [0.2, 0.25) is 0 Å². The number of ether oxygens (including phenoxy) is 4. The molecule has 0 bridgehead atoms. The van der Waals surface area contributed by atoms with Crippen molar-refractivity contribution in [2.24, 2.45) is 0 Å². The molecule has 9 nitrogen and oxygen atoms in total. The number of carbonyl (C=O) groups excluding carboxylic acids is 2. The first-order valence-electron chi connectivity index (χ1n) is 30.1. The Hall–Kier alpha value is -3.27. The lowest BCUT2D eigenvalue weighted by Crippen LogP contribution is -2.40. The molecule has 0 radical (unpaired) electrons. The van der Waals surface area contributed by atoms with Crippen LogP contribution in [0.5, 0.6) is 0 Å². The van der Waals surface area contributed by atoms with Crippen LogP contribution in [0.4, 0.5) is 0 Å².